The Morgan fingerprint density at radius 3 is 2.55 bits per heavy atom. The van der Waals surface area contributed by atoms with Crippen LogP contribution in [0.25, 0.3) is 0 Å². The zero-order valence-electron chi connectivity index (χ0n) is 12.0. The second kappa shape index (κ2) is 5.04. The summed E-state index contributed by atoms with van der Waals surface area (Å²) in [6.45, 7) is 2.37. The van der Waals surface area contributed by atoms with Gasteiger partial charge in [0.1, 0.15) is 5.60 Å². The fraction of sp³-hybridized carbons (Fsp3) is 0.438. The van der Waals surface area contributed by atoms with Crippen molar-refractivity contribution in [3.8, 4) is 0 Å². The van der Waals surface area contributed by atoms with Gasteiger partial charge in [0.05, 0.1) is 6.20 Å². The van der Waals surface area contributed by atoms with Gasteiger partial charge in [-0.3, -0.25) is 4.68 Å². The Hall–Kier alpha value is -1.65. The summed E-state index contributed by atoms with van der Waals surface area (Å²) in [5, 5.41) is 18.2. The monoisotopic (exact) mass is 271 g/mol. The van der Waals surface area contributed by atoms with Crippen LogP contribution in [0.2, 0.25) is 0 Å². The van der Waals surface area contributed by atoms with Crippen LogP contribution in [0, 0.1) is 0 Å². The summed E-state index contributed by atoms with van der Waals surface area (Å²) in [5.74, 6) is 0. The topological polar surface area (TPSA) is 50.1 Å². The van der Waals surface area contributed by atoms with Crippen LogP contribution in [-0.4, -0.2) is 27.5 Å². The molecular formula is C16H21N3O. The van der Waals surface area contributed by atoms with Crippen LogP contribution in [-0.2, 0) is 25.5 Å². The van der Waals surface area contributed by atoms with Gasteiger partial charge < -0.3 is 10.4 Å². The van der Waals surface area contributed by atoms with Crippen molar-refractivity contribution < 1.29 is 5.11 Å². The predicted octanol–water partition coefficient (Wildman–Crippen LogP) is 1.38. The summed E-state index contributed by atoms with van der Waals surface area (Å²) in [6, 6.07) is 8.97. The summed E-state index contributed by atoms with van der Waals surface area (Å²) in [5.41, 5.74) is 2.81. The molecule has 0 amide bonds. The number of hydrogen-bond acceptors (Lipinski definition) is 3. The number of rotatable bonds is 4. The molecule has 0 spiro atoms. The van der Waals surface area contributed by atoms with Crippen LogP contribution in [0.5, 0.6) is 0 Å². The number of benzene rings is 1. The SMILES string of the molecule is Cn1cc(C(C)(O)CNC2Cc3ccccc3C2)cn1. The molecule has 0 bridgehead atoms. The van der Waals surface area contributed by atoms with Gasteiger partial charge in [0, 0.05) is 31.4 Å². The largest absolute Gasteiger partial charge is 0.384 e. The van der Waals surface area contributed by atoms with E-state index in [9.17, 15) is 5.11 Å². The number of hydrogen-bond donors (Lipinski definition) is 2. The smallest absolute Gasteiger partial charge is 0.102 e. The molecule has 0 saturated carbocycles. The zero-order chi connectivity index (χ0) is 14.2. The van der Waals surface area contributed by atoms with E-state index in [1.165, 1.54) is 11.1 Å². The Bertz CT molecular complexity index is 578. The zero-order valence-corrected chi connectivity index (χ0v) is 12.0. The molecule has 0 aliphatic heterocycles. The molecule has 2 aromatic rings. The molecule has 1 heterocycles. The third-order valence-electron chi connectivity index (χ3n) is 4.11. The van der Waals surface area contributed by atoms with Gasteiger partial charge in [-0.15, -0.1) is 0 Å². The molecule has 20 heavy (non-hydrogen) atoms. The van der Waals surface area contributed by atoms with Gasteiger partial charge >= 0.3 is 0 Å². The predicted molar refractivity (Wildman–Crippen MR) is 78.4 cm³/mol. The van der Waals surface area contributed by atoms with Gasteiger partial charge in [0.25, 0.3) is 0 Å². The fourth-order valence-corrected chi connectivity index (χ4v) is 2.85. The van der Waals surface area contributed by atoms with Gasteiger partial charge in [-0.25, -0.2) is 0 Å². The quantitative estimate of drug-likeness (QED) is 0.883. The van der Waals surface area contributed by atoms with E-state index < -0.39 is 5.60 Å². The molecule has 4 heteroatoms. The van der Waals surface area contributed by atoms with Crippen molar-refractivity contribution >= 4 is 0 Å². The van der Waals surface area contributed by atoms with Gasteiger partial charge in [0.2, 0.25) is 0 Å². The van der Waals surface area contributed by atoms with Crippen molar-refractivity contribution in [3.63, 3.8) is 0 Å². The molecule has 1 atom stereocenters. The third kappa shape index (κ3) is 2.62. The van der Waals surface area contributed by atoms with Gasteiger partial charge in [0.15, 0.2) is 0 Å². The minimum atomic E-state index is -0.886. The van der Waals surface area contributed by atoms with E-state index in [1.54, 1.807) is 10.9 Å². The maximum Gasteiger partial charge on any atom is 0.102 e. The lowest BCUT2D eigenvalue weighted by Crippen LogP contribution is -2.41. The van der Waals surface area contributed by atoms with Crippen molar-refractivity contribution in [3.05, 3.63) is 53.3 Å². The van der Waals surface area contributed by atoms with E-state index in [4.69, 9.17) is 0 Å². The van der Waals surface area contributed by atoms with Crippen molar-refractivity contribution in [2.45, 2.75) is 31.4 Å². The summed E-state index contributed by atoms with van der Waals surface area (Å²) in [6.07, 6.45) is 5.68. The number of aliphatic hydroxyl groups is 1. The highest BCUT2D eigenvalue weighted by Crippen LogP contribution is 2.23. The first kappa shape index (κ1) is 13.3. The average molecular weight is 271 g/mol. The first-order valence-corrected chi connectivity index (χ1v) is 7.06. The first-order chi connectivity index (χ1) is 9.54. The number of nitrogens with one attached hydrogen (secondary N) is 1. The number of aromatic nitrogens is 2. The highest BCUT2D eigenvalue weighted by Gasteiger charge is 2.27. The minimum Gasteiger partial charge on any atom is -0.384 e. The molecule has 3 rings (SSSR count). The molecule has 1 aliphatic rings. The van der Waals surface area contributed by atoms with E-state index >= 15 is 0 Å². The lowest BCUT2D eigenvalue weighted by atomic mass is 9.99. The van der Waals surface area contributed by atoms with Crippen LogP contribution in [0.4, 0.5) is 0 Å². The third-order valence-corrected chi connectivity index (χ3v) is 4.11. The number of aryl methyl sites for hydroxylation is 1. The van der Waals surface area contributed by atoms with Crippen LogP contribution in [0.1, 0.15) is 23.6 Å². The maximum absolute atomic E-state index is 10.6. The molecule has 0 saturated heterocycles. The summed E-state index contributed by atoms with van der Waals surface area (Å²) < 4.78 is 1.72. The van der Waals surface area contributed by atoms with Crippen molar-refractivity contribution in [2.24, 2.45) is 7.05 Å². The van der Waals surface area contributed by atoms with E-state index in [-0.39, 0.29) is 0 Å². The summed E-state index contributed by atoms with van der Waals surface area (Å²) >= 11 is 0. The maximum atomic E-state index is 10.6. The van der Waals surface area contributed by atoms with E-state index in [2.05, 4.69) is 34.7 Å². The van der Waals surface area contributed by atoms with E-state index in [0.717, 1.165) is 18.4 Å². The molecule has 4 nitrogen and oxygen atoms in total. The molecule has 106 valence electrons. The lowest BCUT2D eigenvalue weighted by molar-refractivity contribution is 0.0540. The van der Waals surface area contributed by atoms with Gasteiger partial charge in [-0.05, 0) is 30.9 Å². The molecule has 1 aliphatic carbocycles. The summed E-state index contributed by atoms with van der Waals surface area (Å²) in [4.78, 5) is 0. The lowest BCUT2D eigenvalue weighted by Gasteiger charge is -2.24. The molecule has 0 fully saturated rings. The van der Waals surface area contributed by atoms with Gasteiger partial charge in [-0.1, -0.05) is 24.3 Å². The van der Waals surface area contributed by atoms with Crippen molar-refractivity contribution in [1.29, 1.82) is 0 Å². The molecule has 0 radical (unpaired) electrons. The van der Waals surface area contributed by atoms with Crippen LogP contribution >= 0.6 is 0 Å². The first-order valence-electron chi connectivity index (χ1n) is 7.06. The summed E-state index contributed by atoms with van der Waals surface area (Å²) in [7, 11) is 1.86. The second-order valence-electron chi connectivity index (χ2n) is 5.93. The Balaban J connectivity index is 1.61. The second-order valence-corrected chi connectivity index (χ2v) is 5.93. The molecular weight excluding hydrogens is 250 g/mol. The Kier molecular flexibility index (Phi) is 3.36. The highest BCUT2D eigenvalue weighted by atomic mass is 16.3. The van der Waals surface area contributed by atoms with E-state index in [0.29, 0.717) is 12.6 Å². The van der Waals surface area contributed by atoms with Crippen molar-refractivity contribution in [2.75, 3.05) is 6.54 Å². The highest BCUT2D eigenvalue weighted by molar-refractivity contribution is 5.33. The Labute approximate surface area is 119 Å². The van der Waals surface area contributed by atoms with Crippen molar-refractivity contribution in [1.82, 2.24) is 15.1 Å². The standard InChI is InChI=1S/C16H21N3O/c1-16(20,14-9-18-19(2)10-14)11-17-15-7-12-5-3-4-6-13(12)8-15/h3-6,9-10,15,17,20H,7-8,11H2,1-2H3. The van der Waals surface area contributed by atoms with Crippen LogP contribution in [0.15, 0.2) is 36.7 Å². The number of fused-ring (bicyclic) bond motifs is 1. The normalized spacial score (nSPS) is 17.9. The van der Waals surface area contributed by atoms with Crippen LogP contribution < -0.4 is 5.32 Å². The molecule has 1 unspecified atom stereocenters. The molecule has 2 N–H and O–H groups in total. The fourth-order valence-electron chi connectivity index (χ4n) is 2.85. The Morgan fingerprint density at radius 1 is 1.35 bits per heavy atom. The molecule has 1 aromatic heterocycles. The van der Waals surface area contributed by atoms with Crippen LogP contribution in [0.3, 0.4) is 0 Å². The molecule has 1 aromatic carbocycles. The Morgan fingerprint density at radius 2 is 2.00 bits per heavy atom. The van der Waals surface area contributed by atoms with E-state index in [1.807, 2.05) is 20.2 Å². The van der Waals surface area contributed by atoms with Gasteiger partial charge in [-0.2, -0.15) is 5.10 Å². The average Bonchev–Trinajstić information content (AvgIpc) is 3.02. The number of nitrogens with zero attached hydrogens (tertiary/aromatic N) is 2. The minimum absolute atomic E-state index is 0.413.